The second-order valence-electron chi connectivity index (χ2n) is 7.16. The Balaban J connectivity index is 1.25. The normalized spacial score (nSPS) is 15.9. The van der Waals surface area contributed by atoms with Gasteiger partial charge in [0.15, 0.2) is 0 Å². The molecule has 4 heteroatoms. The lowest BCUT2D eigenvalue weighted by atomic mass is 10.0. The van der Waals surface area contributed by atoms with Crippen LogP contribution in [-0.2, 0) is 13.1 Å². The number of piperidine rings is 1. The Morgan fingerprint density at radius 1 is 0.926 bits per heavy atom. The summed E-state index contributed by atoms with van der Waals surface area (Å²) in [5.41, 5.74) is 2.34. The van der Waals surface area contributed by atoms with Crippen molar-refractivity contribution in [3.8, 4) is 11.3 Å². The van der Waals surface area contributed by atoms with Crippen molar-refractivity contribution in [2.24, 2.45) is 0 Å². The fraction of sp³-hybridized carbons (Fsp3) is 0.304. The number of hydrogen-bond acceptors (Lipinski definition) is 3. The number of furan rings is 1. The molecule has 1 aliphatic heterocycles. The largest absolute Gasteiger partial charge is 0.460 e. The molecule has 0 unspecified atom stereocenters. The molecule has 0 amide bonds. The minimum absolute atomic E-state index is 0.547. The number of halogens is 1. The third kappa shape index (κ3) is 4.81. The molecular weight excluding hydrogens is 356 g/mol. The smallest absolute Gasteiger partial charge is 0.135 e. The lowest BCUT2D eigenvalue weighted by molar-refractivity contribution is 0.189. The van der Waals surface area contributed by atoms with Gasteiger partial charge in [-0.25, -0.2) is 0 Å². The summed E-state index contributed by atoms with van der Waals surface area (Å²) in [6.07, 6.45) is 2.34. The second-order valence-corrected chi connectivity index (χ2v) is 7.57. The molecule has 27 heavy (non-hydrogen) atoms. The van der Waals surface area contributed by atoms with Crippen LogP contribution in [0.1, 0.15) is 24.2 Å². The van der Waals surface area contributed by atoms with Gasteiger partial charge in [0.05, 0.1) is 11.6 Å². The average Bonchev–Trinajstić information content (AvgIpc) is 3.17. The highest BCUT2D eigenvalue weighted by Crippen LogP contribution is 2.29. The van der Waals surface area contributed by atoms with Crippen molar-refractivity contribution >= 4 is 11.6 Å². The zero-order chi connectivity index (χ0) is 18.5. The summed E-state index contributed by atoms with van der Waals surface area (Å²) in [5.74, 6) is 1.78. The lowest BCUT2D eigenvalue weighted by Gasteiger charge is -2.32. The Bertz CT molecular complexity index is 854. The maximum Gasteiger partial charge on any atom is 0.135 e. The van der Waals surface area contributed by atoms with Gasteiger partial charge in [-0.15, -0.1) is 0 Å². The van der Waals surface area contributed by atoms with Crippen molar-refractivity contribution in [1.82, 2.24) is 10.2 Å². The van der Waals surface area contributed by atoms with E-state index in [1.54, 1.807) is 0 Å². The highest BCUT2D eigenvalue weighted by Gasteiger charge is 2.19. The summed E-state index contributed by atoms with van der Waals surface area (Å²) in [6, 6.07) is 23.1. The van der Waals surface area contributed by atoms with Crippen LogP contribution in [0.15, 0.2) is 71.1 Å². The molecule has 2 aromatic carbocycles. The first-order valence-corrected chi connectivity index (χ1v) is 9.99. The number of nitrogens with one attached hydrogen (secondary N) is 1. The van der Waals surface area contributed by atoms with Gasteiger partial charge in [0, 0.05) is 18.2 Å². The van der Waals surface area contributed by atoms with Gasteiger partial charge in [0.25, 0.3) is 0 Å². The minimum atomic E-state index is 0.547. The van der Waals surface area contributed by atoms with Gasteiger partial charge in [-0.05, 0) is 55.8 Å². The quantitative estimate of drug-likeness (QED) is 0.624. The molecule has 0 radical (unpaired) electrons. The van der Waals surface area contributed by atoms with Crippen LogP contribution in [0.5, 0.6) is 0 Å². The number of benzene rings is 2. The molecule has 0 atom stereocenters. The summed E-state index contributed by atoms with van der Waals surface area (Å²) in [7, 11) is 0. The van der Waals surface area contributed by atoms with E-state index in [1.165, 1.54) is 18.4 Å². The fourth-order valence-corrected chi connectivity index (χ4v) is 3.89. The van der Waals surface area contributed by atoms with E-state index in [0.29, 0.717) is 6.04 Å². The summed E-state index contributed by atoms with van der Waals surface area (Å²) >= 11 is 6.26. The van der Waals surface area contributed by atoms with Gasteiger partial charge < -0.3 is 9.73 Å². The average molecular weight is 381 g/mol. The summed E-state index contributed by atoms with van der Waals surface area (Å²) in [4.78, 5) is 2.54. The van der Waals surface area contributed by atoms with E-state index in [1.807, 2.05) is 36.4 Å². The van der Waals surface area contributed by atoms with E-state index in [-0.39, 0.29) is 0 Å². The fourth-order valence-electron chi connectivity index (χ4n) is 3.66. The van der Waals surface area contributed by atoms with Crippen LogP contribution in [0.4, 0.5) is 0 Å². The Morgan fingerprint density at radius 2 is 1.67 bits per heavy atom. The Kier molecular flexibility index (Phi) is 5.93. The summed E-state index contributed by atoms with van der Waals surface area (Å²) in [5, 5.41) is 4.37. The monoisotopic (exact) mass is 380 g/mol. The Morgan fingerprint density at radius 3 is 2.44 bits per heavy atom. The van der Waals surface area contributed by atoms with E-state index < -0.39 is 0 Å². The molecular formula is C23H25ClN2O. The number of hydrogen-bond donors (Lipinski definition) is 1. The van der Waals surface area contributed by atoms with Gasteiger partial charge in [-0.1, -0.05) is 54.1 Å². The second kappa shape index (κ2) is 8.75. The van der Waals surface area contributed by atoms with Gasteiger partial charge in [0.2, 0.25) is 0 Å². The highest BCUT2D eigenvalue weighted by atomic mass is 35.5. The zero-order valence-electron chi connectivity index (χ0n) is 15.4. The van der Waals surface area contributed by atoms with Crippen LogP contribution in [-0.4, -0.2) is 24.0 Å². The van der Waals surface area contributed by atoms with E-state index in [9.17, 15) is 0 Å². The van der Waals surface area contributed by atoms with E-state index in [4.69, 9.17) is 16.0 Å². The summed E-state index contributed by atoms with van der Waals surface area (Å²) < 4.78 is 5.98. The maximum absolute atomic E-state index is 6.26. The molecule has 140 valence electrons. The number of likely N-dealkylation sites (tertiary alicyclic amines) is 1. The van der Waals surface area contributed by atoms with Gasteiger partial charge in [-0.3, -0.25) is 4.90 Å². The van der Waals surface area contributed by atoms with Gasteiger partial charge in [0.1, 0.15) is 11.5 Å². The van der Waals surface area contributed by atoms with E-state index >= 15 is 0 Å². The first-order chi connectivity index (χ1) is 13.3. The van der Waals surface area contributed by atoms with Gasteiger partial charge >= 0.3 is 0 Å². The van der Waals surface area contributed by atoms with Crippen LogP contribution in [0.3, 0.4) is 0 Å². The molecule has 1 N–H and O–H groups in total. The third-order valence-electron chi connectivity index (χ3n) is 5.20. The van der Waals surface area contributed by atoms with Crippen molar-refractivity contribution in [1.29, 1.82) is 0 Å². The maximum atomic E-state index is 6.26. The highest BCUT2D eigenvalue weighted by molar-refractivity contribution is 6.33. The molecule has 3 nitrogen and oxygen atoms in total. The Labute approximate surface area is 166 Å². The molecule has 0 bridgehead atoms. The Hall–Kier alpha value is -2.07. The van der Waals surface area contributed by atoms with E-state index in [0.717, 1.165) is 48.3 Å². The van der Waals surface area contributed by atoms with Crippen LogP contribution >= 0.6 is 11.6 Å². The van der Waals surface area contributed by atoms with E-state index in [2.05, 4.69) is 40.5 Å². The van der Waals surface area contributed by atoms with Crippen LogP contribution in [0, 0.1) is 0 Å². The minimum Gasteiger partial charge on any atom is -0.460 e. The van der Waals surface area contributed by atoms with Crippen LogP contribution in [0.25, 0.3) is 11.3 Å². The first kappa shape index (κ1) is 18.3. The van der Waals surface area contributed by atoms with Gasteiger partial charge in [-0.2, -0.15) is 0 Å². The van der Waals surface area contributed by atoms with Crippen molar-refractivity contribution in [2.75, 3.05) is 13.1 Å². The molecule has 0 spiro atoms. The third-order valence-corrected chi connectivity index (χ3v) is 5.53. The zero-order valence-corrected chi connectivity index (χ0v) is 16.2. The predicted molar refractivity (Wildman–Crippen MR) is 111 cm³/mol. The molecule has 1 saturated heterocycles. The SMILES string of the molecule is Clc1ccccc1-c1ccc(CNC2CCN(Cc3ccccc3)CC2)o1. The molecule has 1 aliphatic rings. The lowest BCUT2D eigenvalue weighted by Crippen LogP contribution is -2.41. The number of rotatable bonds is 6. The predicted octanol–water partition coefficient (Wildman–Crippen LogP) is 5.35. The molecule has 3 aromatic rings. The first-order valence-electron chi connectivity index (χ1n) is 9.61. The number of nitrogens with zero attached hydrogens (tertiary/aromatic N) is 1. The van der Waals surface area contributed by atoms with Crippen LogP contribution in [0.2, 0.25) is 5.02 Å². The molecule has 4 rings (SSSR count). The molecule has 1 aromatic heterocycles. The van der Waals surface area contributed by atoms with Crippen LogP contribution < -0.4 is 5.32 Å². The standard InChI is InChI=1S/C23H25ClN2O/c24-22-9-5-4-8-21(22)23-11-10-20(27-23)16-25-19-12-14-26(15-13-19)17-18-6-2-1-3-7-18/h1-11,19,25H,12-17H2. The van der Waals surface area contributed by atoms with Crippen molar-refractivity contribution < 1.29 is 4.42 Å². The summed E-state index contributed by atoms with van der Waals surface area (Å²) in [6.45, 7) is 4.08. The van der Waals surface area contributed by atoms with Crippen molar-refractivity contribution in [3.63, 3.8) is 0 Å². The molecule has 0 aliphatic carbocycles. The molecule has 0 saturated carbocycles. The topological polar surface area (TPSA) is 28.4 Å². The molecule has 1 fully saturated rings. The van der Waals surface area contributed by atoms with Crippen molar-refractivity contribution in [2.45, 2.75) is 32.0 Å². The molecule has 2 heterocycles. The van der Waals surface area contributed by atoms with Crippen molar-refractivity contribution in [3.05, 3.63) is 83.1 Å².